The Labute approximate surface area is 96.8 Å². The molecule has 1 aromatic heterocycles. The van der Waals surface area contributed by atoms with E-state index in [0.29, 0.717) is 12.2 Å². The minimum atomic E-state index is -0.256. The van der Waals surface area contributed by atoms with Crippen LogP contribution in [0.2, 0.25) is 0 Å². The highest BCUT2D eigenvalue weighted by Gasteiger charge is 2.17. The lowest BCUT2D eigenvalue weighted by Crippen LogP contribution is -2.07. The van der Waals surface area contributed by atoms with Gasteiger partial charge in [-0.05, 0) is 12.5 Å². The average molecular weight is 224 g/mol. The summed E-state index contributed by atoms with van der Waals surface area (Å²) in [6.45, 7) is 6.54. The van der Waals surface area contributed by atoms with Crippen LogP contribution in [0, 0.1) is 0 Å². The van der Waals surface area contributed by atoms with Gasteiger partial charge in [-0.2, -0.15) is 0 Å². The smallest absolute Gasteiger partial charge is 0.341 e. The van der Waals surface area contributed by atoms with Gasteiger partial charge in [0.15, 0.2) is 0 Å². The molecule has 0 saturated heterocycles. The lowest BCUT2D eigenvalue weighted by atomic mass is 10.2. The lowest BCUT2D eigenvalue weighted by Gasteiger charge is -2.02. The number of unbranched alkanes of at least 4 members (excludes halogenated alkanes) is 1. The molecule has 1 aromatic rings. The number of carbonyl (C=O) groups excluding carboxylic acids is 1. The summed E-state index contributed by atoms with van der Waals surface area (Å²) in [5.74, 6) is 1.33. The minimum Gasteiger partial charge on any atom is -0.465 e. The first-order valence-electron chi connectivity index (χ1n) is 6.01. The van der Waals surface area contributed by atoms with E-state index >= 15 is 0 Å². The molecular formula is C13H20O3. The molecule has 1 rings (SSSR count). The Bertz CT molecular complexity index is 339. The van der Waals surface area contributed by atoms with Gasteiger partial charge in [0, 0.05) is 12.8 Å². The highest BCUT2D eigenvalue weighted by Crippen LogP contribution is 2.18. The van der Waals surface area contributed by atoms with Crippen molar-refractivity contribution in [2.45, 2.75) is 46.5 Å². The van der Waals surface area contributed by atoms with Crippen LogP contribution >= 0.6 is 0 Å². The van der Waals surface area contributed by atoms with Crippen LogP contribution in [0.3, 0.4) is 0 Å². The molecule has 0 fully saturated rings. The Hall–Kier alpha value is -1.25. The lowest BCUT2D eigenvalue weighted by molar-refractivity contribution is 0.0497. The Kier molecular flexibility index (Phi) is 5.09. The Morgan fingerprint density at radius 2 is 2.06 bits per heavy atom. The van der Waals surface area contributed by atoms with Gasteiger partial charge in [-0.3, -0.25) is 0 Å². The molecule has 0 N–H and O–H groups in total. The number of hydrogen-bond donors (Lipinski definition) is 0. The highest BCUT2D eigenvalue weighted by molar-refractivity contribution is 5.90. The van der Waals surface area contributed by atoms with Crippen LogP contribution in [-0.2, 0) is 17.6 Å². The van der Waals surface area contributed by atoms with Gasteiger partial charge in [-0.1, -0.05) is 27.2 Å². The molecule has 0 aliphatic rings. The first kappa shape index (κ1) is 12.8. The third-order valence-corrected chi connectivity index (χ3v) is 2.48. The highest BCUT2D eigenvalue weighted by atomic mass is 16.5. The second-order valence-corrected chi connectivity index (χ2v) is 3.75. The van der Waals surface area contributed by atoms with Gasteiger partial charge in [0.05, 0.1) is 6.61 Å². The molecule has 3 heteroatoms. The van der Waals surface area contributed by atoms with Crippen LogP contribution in [0.15, 0.2) is 10.5 Å². The summed E-state index contributed by atoms with van der Waals surface area (Å²) in [4.78, 5) is 11.7. The van der Waals surface area contributed by atoms with Gasteiger partial charge in [0.1, 0.15) is 17.1 Å². The van der Waals surface area contributed by atoms with Crippen LogP contribution < -0.4 is 0 Å². The molecule has 0 aliphatic carbocycles. The zero-order valence-corrected chi connectivity index (χ0v) is 10.3. The number of carbonyl (C=O) groups is 1. The molecule has 0 aliphatic heterocycles. The van der Waals surface area contributed by atoms with Crippen molar-refractivity contribution >= 4 is 5.97 Å². The van der Waals surface area contributed by atoms with Crippen LogP contribution in [0.4, 0.5) is 0 Å². The SMILES string of the molecule is CCCCOC(=O)c1cc(CC)oc1CC. The fourth-order valence-corrected chi connectivity index (χ4v) is 1.48. The Morgan fingerprint density at radius 1 is 1.31 bits per heavy atom. The van der Waals surface area contributed by atoms with Crippen molar-refractivity contribution < 1.29 is 13.9 Å². The van der Waals surface area contributed by atoms with Gasteiger partial charge in [0.25, 0.3) is 0 Å². The number of hydrogen-bond acceptors (Lipinski definition) is 3. The molecule has 0 aromatic carbocycles. The van der Waals surface area contributed by atoms with Crippen LogP contribution in [-0.4, -0.2) is 12.6 Å². The molecule has 0 spiro atoms. The third-order valence-electron chi connectivity index (χ3n) is 2.48. The number of ether oxygens (including phenoxy) is 1. The zero-order chi connectivity index (χ0) is 12.0. The maximum absolute atomic E-state index is 11.7. The fourth-order valence-electron chi connectivity index (χ4n) is 1.48. The summed E-state index contributed by atoms with van der Waals surface area (Å²) in [7, 11) is 0. The van der Waals surface area contributed by atoms with E-state index in [0.717, 1.165) is 37.2 Å². The fraction of sp³-hybridized carbons (Fsp3) is 0.615. The molecule has 3 nitrogen and oxygen atoms in total. The van der Waals surface area contributed by atoms with E-state index < -0.39 is 0 Å². The molecule has 0 unspecified atom stereocenters. The van der Waals surface area contributed by atoms with E-state index in [1.165, 1.54) is 0 Å². The van der Waals surface area contributed by atoms with Gasteiger partial charge in [0.2, 0.25) is 0 Å². The van der Waals surface area contributed by atoms with Crippen molar-refractivity contribution in [2.24, 2.45) is 0 Å². The number of aryl methyl sites for hydroxylation is 2. The quantitative estimate of drug-likeness (QED) is 0.549. The number of furan rings is 1. The standard InChI is InChI=1S/C13H20O3/c1-4-7-8-15-13(14)11-9-10(5-2)16-12(11)6-3/h9H,4-8H2,1-3H3. The maximum atomic E-state index is 11.7. The first-order valence-corrected chi connectivity index (χ1v) is 6.01. The monoisotopic (exact) mass is 224 g/mol. The van der Waals surface area contributed by atoms with Crippen LogP contribution in [0.5, 0.6) is 0 Å². The van der Waals surface area contributed by atoms with Gasteiger partial charge in [-0.15, -0.1) is 0 Å². The van der Waals surface area contributed by atoms with E-state index in [1.54, 1.807) is 6.07 Å². The van der Waals surface area contributed by atoms with E-state index in [-0.39, 0.29) is 5.97 Å². The zero-order valence-electron chi connectivity index (χ0n) is 10.3. The molecular weight excluding hydrogens is 204 g/mol. The van der Waals surface area contributed by atoms with Crippen LogP contribution in [0.1, 0.15) is 55.5 Å². The molecule has 0 bridgehead atoms. The topological polar surface area (TPSA) is 39.4 Å². The molecule has 1 heterocycles. The Morgan fingerprint density at radius 3 is 2.62 bits per heavy atom. The number of rotatable bonds is 6. The van der Waals surface area contributed by atoms with Crippen molar-refractivity contribution in [2.75, 3.05) is 6.61 Å². The second-order valence-electron chi connectivity index (χ2n) is 3.75. The minimum absolute atomic E-state index is 0.256. The second kappa shape index (κ2) is 6.36. The van der Waals surface area contributed by atoms with Gasteiger partial charge < -0.3 is 9.15 Å². The van der Waals surface area contributed by atoms with E-state index in [9.17, 15) is 4.79 Å². The predicted octanol–water partition coefficient (Wildman–Crippen LogP) is 3.36. The van der Waals surface area contributed by atoms with Gasteiger partial charge >= 0.3 is 5.97 Å². The van der Waals surface area contributed by atoms with Crippen molar-refractivity contribution in [3.8, 4) is 0 Å². The summed E-state index contributed by atoms with van der Waals surface area (Å²) >= 11 is 0. The average Bonchev–Trinajstić information content (AvgIpc) is 2.72. The maximum Gasteiger partial charge on any atom is 0.341 e. The molecule has 16 heavy (non-hydrogen) atoms. The first-order chi connectivity index (χ1) is 7.72. The molecule has 0 amide bonds. The molecule has 0 atom stereocenters. The molecule has 0 radical (unpaired) electrons. The van der Waals surface area contributed by atoms with Crippen molar-refractivity contribution in [1.29, 1.82) is 0 Å². The van der Waals surface area contributed by atoms with Gasteiger partial charge in [-0.25, -0.2) is 4.79 Å². The van der Waals surface area contributed by atoms with E-state index in [4.69, 9.17) is 9.15 Å². The van der Waals surface area contributed by atoms with E-state index in [1.807, 2.05) is 13.8 Å². The Balaban J connectivity index is 2.69. The molecule has 0 saturated carbocycles. The third kappa shape index (κ3) is 3.12. The normalized spacial score (nSPS) is 10.4. The summed E-state index contributed by atoms with van der Waals surface area (Å²) in [6.07, 6.45) is 3.46. The summed E-state index contributed by atoms with van der Waals surface area (Å²) in [5, 5.41) is 0. The van der Waals surface area contributed by atoms with Crippen molar-refractivity contribution in [3.05, 3.63) is 23.2 Å². The summed E-state index contributed by atoms with van der Waals surface area (Å²) in [6, 6.07) is 1.80. The predicted molar refractivity (Wildman–Crippen MR) is 62.7 cm³/mol. The van der Waals surface area contributed by atoms with Crippen molar-refractivity contribution in [1.82, 2.24) is 0 Å². The molecule has 90 valence electrons. The number of esters is 1. The summed E-state index contributed by atoms with van der Waals surface area (Å²) in [5.41, 5.74) is 0.593. The van der Waals surface area contributed by atoms with Crippen LogP contribution in [0.25, 0.3) is 0 Å². The largest absolute Gasteiger partial charge is 0.465 e. The van der Waals surface area contributed by atoms with E-state index in [2.05, 4.69) is 6.92 Å². The summed E-state index contributed by atoms with van der Waals surface area (Å²) < 4.78 is 10.7. The van der Waals surface area contributed by atoms with Crippen molar-refractivity contribution in [3.63, 3.8) is 0 Å².